The van der Waals surface area contributed by atoms with Gasteiger partial charge in [-0.15, -0.1) is 0 Å². The summed E-state index contributed by atoms with van der Waals surface area (Å²) in [5.74, 6) is 0.849. The lowest BCUT2D eigenvalue weighted by atomic mass is 10.0. The molecule has 206 valence electrons. The van der Waals surface area contributed by atoms with Gasteiger partial charge in [0, 0.05) is 18.4 Å². The minimum atomic E-state index is -0.191. The van der Waals surface area contributed by atoms with Gasteiger partial charge in [0.15, 0.2) is 6.04 Å². The van der Waals surface area contributed by atoms with Crippen molar-refractivity contribution in [2.24, 2.45) is 0 Å². The van der Waals surface area contributed by atoms with E-state index in [9.17, 15) is 4.79 Å². The van der Waals surface area contributed by atoms with E-state index in [0.29, 0.717) is 17.5 Å². The second-order valence-corrected chi connectivity index (χ2v) is 11.1. The van der Waals surface area contributed by atoms with Crippen LogP contribution in [0.3, 0.4) is 0 Å². The smallest absolute Gasteiger partial charge is 0.364 e. The van der Waals surface area contributed by atoms with Gasteiger partial charge in [0.1, 0.15) is 12.3 Å². The van der Waals surface area contributed by atoms with Gasteiger partial charge in [-0.2, -0.15) is 0 Å². The maximum Gasteiger partial charge on any atom is 0.364 e. The number of hydrogen-bond acceptors (Lipinski definition) is 3. The highest BCUT2D eigenvalue weighted by Crippen LogP contribution is 2.23. The summed E-state index contributed by atoms with van der Waals surface area (Å²) in [6.07, 6.45) is 13.1. The first-order chi connectivity index (χ1) is 17.9. The van der Waals surface area contributed by atoms with E-state index >= 15 is 0 Å². The molecule has 0 spiro atoms. The van der Waals surface area contributed by atoms with Crippen molar-refractivity contribution >= 4 is 5.97 Å². The van der Waals surface area contributed by atoms with E-state index in [1.165, 1.54) is 62.5 Å². The molecule has 0 bridgehead atoms. The number of ether oxygens (including phenoxy) is 2. The molecule has 0 aliphatic carbocycles. The van der Waals surface area contributed by atoms with Crippen LogP contribution in [-0.4, -0.2) is 43.3 Å². The van der Waals surface area contributed by atoms with Crippen LogP contribution in [0.5, 0.6) is 5.75 Å². The zero-order chi connectivity index (χ0) is 26.9. The van der Waals surface area contributed by atoms with Crippen molar-refractivity contribution in [2.45, 2.75) is 110 Å². The van der Waals surface area contributed by atoms with Crippen molar-refractivity contribution in [2.75, 3.05) is 20.7 Å². The summed E-state index contributed by atoms with van der Waals surface area (Å²) in [7, 11) is 4.22. The Morgan fingerprint density at radius 3 is 2.14 bits per heavy atom. The Balaban J connectivity index is 1.75. The number of aryl methyl sites for hydroxylation is 1. The van der Waals surface area contributed by atoms with E-state index in [-0.39, 0.29) is 18.1 Å². The molecule has 0 N–H and O–H groups in total. The molecule has 0 saturated heterocycles. The molecule has 2 unspecified atom stereocenters. The number of unbranched alkanes of at least 4 members (excludes halogenated alkanes) is 7. The van der Waals surface area contributed by atoms with E-state index in [4.69, 9.17) is 9.47 Å². The number of esters is 1. The Hall–Kier alpha value is -2.33. The molecule has 0 aliphatic rings. The SMILES string of the molecule is CCCCCCCCCCc1ccccc1OC(C)CCOC(=O)C(CC)[N+](C)(C)Cc1ccccc1. The molecule has 2 aromatic rings. The number of rotatable bonds is 19. The van der Waals surface area contributed by atoms with E-state index in [2.05, 4.69) is 65.2 Å². The highest BCUT2D eigenvalue weighted by molar-refractivity contribution is 5.74. The summed E-state index contributed by atoms with van der Waals surface area (Å²) < 4.78 is 12.6. The number of quaternary nitrogens is 1. The van der Waals surface area contributed by atoms with Gasteiger partial charge in [-0.05, 0) is 31.4 Å². The van der Waals surface area contributed by atoms with Gasteiger partial charge in [-0.3, -0.25) is 0 Å². The summed E-state index contributed by atoms with van der Waals surface area (Å²) in [6, 6.07) is 18.5. The molecule has 0 fully saturated rings. The van der Waals surface area contributed by atoms with Gasteiger partial charge in [0.25, 0.3) is 0 Å². The summed E-state index contributed by atoms with van der Waals surface area (Å²) in [6.45, 7) is 7.56. The molecule has 37 heavy (non-hydrogen) atoms. The van der Waals surface area contributed by atoms with Crippen LogP contribution in [0.2, 0.25) is 0 Å². The number of carbonyl (C=O) groups is 1. The van der Waals surface area contributed by atoms with Crippen molar-refractivity contribution in [3.63, 3.8) is 0 Å². The summed E-state index contributed by atoms with van der Waals surface area (Å²) >= 11 is 0. The fraction of sp³-hybridized carbons (Fsp3) is 0.606. The summed E-state index contributed by atoms with van der Waals surface area (Å²) in [5, 5.41) is 0. The topological polar surface area (TPSA) is 35.5 Å². The first-order valence-electron chi connectivity index (χ1n) is 14.6. The zero-order valence-corrected chi connectivity index (χ0v) is 24.2. The third kappa shape index (κ3) is 11.7. The molecule has 2 rings (SSSR count). The standard InChI is InChI=1S/C33H52NO3/c1-6-8-9-10-11-12-13-17-22-30-23-18-19-24-32(30)37-28(3)25-26-36-33(35)31(7-2)34(4,5)27-29-20-15-14-16-21-29/h14-16,18-21,23-24,28,31H,6-13,17,22,25-27H2,1-5H3/q+1. The lowest BCUT2D eigenvalue weighted by molar-refractivity contribution is -0.919. The highest BCUT2D eigenvalue weighted by atomic mass is 16.5. The number of para-hydroxylation sites is 1. The Labute approximate surface area is 227 Å². The molecule has 2 atom stereocenters. The Bertz CT molecular complexity index is 880. The van der Waals surface area contributed by atoms with Gasteiger partial charge in [-0.25, -0.2) is 4.79 Å². The van der Waals surface area contributed by atoms with Crippen molar-refractivity contribution in [1.29, 1.82) is 0 Å². The summed E-state index contributed by atoms with van der Waals surface area (Å²) in [5.41, 5.74) is 2.51. The predicted octanol–water partition coefficient (Wildman–Crippen LogP) is 8.13. The van der Waals surface area contributed by atoms with Crippen molar-refractivity contribution in [1.82, 2.24) is 0 Å². The third-order valence-electron chi connectivity index (χ3n) is 7.30. The Morgan fingerprint density at radius 2 is 1.46 bits per heavy atom. The second-order valence-electron chi connectivity index (χ2n) is 11.1. The predicted molar refractivity (Wildman–Crippen MR) is 155 cm³/mol. The number of nitrogens with zero attached hydrogens (tertiary/aromatic N) is 1. The largest absolute Gasteiger partial charge is 0.490 e. The maximum absolute atomic E-state index is 13.0. The van der Waals surface area contributed by atoms with Gasteiger partial charge < -0.3 is 14.0 Å². The van der Waals surface area contributed by atoms with Gasteiger partial charge in [-0.1, -0.05) is 107 Å². The minimum absolute atomic E-state index is 0.0144. The molecule has 2 aromatic carbocycles. The molecule has 0 amide bonds. The highest BCUT2D eigenvalue weighted by Gasteiger charge is 2.35. The van der Waals surface area contributed by atoms with Crippen LogP contribution in [0.25, 0.3) is 0 Å². The quantitative estimate of drug-likeness (QED) is 0.109. The average molecular weight is 511 g/mol. The normalized spacial score (nSPS) is 13.2. The molecule has 0 saturated carbocycles. The molecule has 4 heteroatoms. The van der Waals surface area contributed by atoms with Crippen LogP contribution < -0.4 is 4.74 Å². The van der Waals surface area contributed by atoms with Crippen molar-refractivity contribution < 1.29 is 18.8 Å². The molecule has 0 aromatic heterocycles. The van der Waals surface area contributed by atoms with Crippen LogP contribution in [0, 0.1) is 0 Å². The van der Waals surface area contributed by atoms with Crippen molar-refractivity contribution in [3.05, 3.63) is 65.7 Å². The fourth-order valence-electron chi connectivity index (χ4n) is 5.08. The Kier molecular flexibility index (Phi) is 14.4. The van der Waals surface area contributed by atoms with Crippen LogP contribution >= 0.6 is 0 Å². The number of likely N-dealkylation sites (N-methyl/N-ethyl adjacent to an activating group) is 1. The Morgan fingerprint density at radius 1 is 0.838 bits per heavy atom. The van der Waals surface area contributed by atoms with E-state index in [0.717, 1.165) is 25.1 Å². The van der Waals surface area contributed by atoms with E-state index in [1.54, 1.807) is 0 Å². The van der Waals surface area contributed by atoms with Gasteiger partial charge >= 0.3 is 5.97 Å². The van der Waals surface area contributed by atoms with Crippen LogP contribution in [0.1, 0.15) is 96.1 Å². The van der Waals surface area contributed by atoms with Crippen LogP contribution in [-0.2, 0) is 22.5 Å². The van der Waals surface area contributed by atoms with Crippen molar-refractivity contribution in [3.8, 4) is 5.75 Å². The third-order valence-corrected chi connectivity index (χ3v) is 7.30. The molecule has 0 aliphatic heterocycles. The van der Waals surface area contributed by atoms with Crippen LogP contribution in [0.4, 0.5) is 0 Å². The van der Waals surface area contributed by atoms with E-state index in [1.807, 2.05) is 24.3 Å². The lowest BCUT2D eigenvalue weighted by Gasteiger charge is -2.36. The molecular weight excluding hydrogens is 458 g/mol. The average Bonchev–Trinajstić information content (AvgIpc) is 2.87. The van der Waals surface area contributed by atoms with Gasteiger partial charge in [0.2, 0.25) is 0 Å². The maximum atomic E-state index is 13.0. The second kappa shape index (κ2) is 17.2. The van der Waals surface area contributed by atoms with Crippen LogP contribution in [0.15, 0.2) is 54.6 Å². The molecule has 0 radical (unpaired) electrons. The zero-order valence-electron chi connectivity index (χ0n) is 24.2. The molecular formula is C33H52NO3+. The minimum Gasteiger partial charge on any atom is -0.490 e. The number of hydrogen-bond donors (Lipinski definition) is 0. The number of carbonyl (C=O) groups excluding carboxylic acids is 1. The lowest BCUT2D eigenvalue weighted by Crippen LogP contribution is -2.52. The summed E-state index contributed by atoms with van der Waals surface area (Å²) in [4.78, 5) is 13.0. The first-order valence-corrected chi connectivity index (χ1v) is 14.6. The number of benzene rings is 2. The molecule has 4 nitrogen and oxygen atoms in total. The monoisotopic (exact) mass is 510 g/mol. The van der Waals surface area contributed by atoms with E-state index < -0.39 is 0 Å². The van der Waals surface area contributed by atoms with Gasteiger partial charge in [0.05, 0.1) is 26.8 Å². The first kappa shape index (κ1) is 30.9. The fourth-order valence-corrected chi connectivity index (χ4v) is 5.08. The molecule has 0 heterocycles.